The molecule has 0 spiro atoms. The van der Waals surface area contributed by atoms with Crippen molar-refractivity contribution >= 4 is 33.1 Å². The lowest BCUT2D eigenvalue weighted by Gasteiger charge is -2.08. The van der Waals surface area contributed by atoms with E-state index in [0.717, 1.165) is 11.3 Å². The van der Waals surface area contributed by atoms with E-state index in [0.29, 0.717) is 10.1 Å². The molecule has 1 aromatic heterocycles. The molecule has 2 rings (SSSR count). The molecular formula is C11H9ClO4S2. The molecule has 0 saturated carbocycles. The van der Waals surface area contributed by atoms with Crippen LogP contribution >= 0.6 is 22.9 Å². The summed E-state index contributed by atoms with van der Waals surface area (Å²) in [5, 5.41) is 0. The summed E-state index contributed by atoms with van der Waals surface area (Å²) in [5.41, 5.74) is 0. The van der Waals surface area contributed by atoms with E-state index in [2.05, 4.69) is 0 Å². The van der Waals surface area contributed by atoms with Gasteiger partial charge in [0, 0.05) is 0 Å². The van der Waals surface area contributed by atoms with E-state index in [4.69, 9.17) is 20.5 Å². The number of benzene rings is 1. The average molecular weight is 305 g/mol. The molecule has 0 radical (unpaired) electrons. The molecule has 0 unspecified atom stereocenters. The number of hydrogen-bond acceptors (Lipinski definition) is 5. The van der Waals surface area contributed by atoms with Gasteiger partial charge >= 0.3 is 10.1 Å². The largest absolute Gasteiger partial charge is 0.493 e. The molecule has 0 aliphatic heterocycles. The number of halogens is 1. The van der Waals surface area contributed by atoms with Gasteiger partial charge < -0.3 is 8.92 Å². The highest BCUT2D eigenvalue weighted by Crippen LogP contribution is 2.32. The summed E-state index contributed by atoms with van der Waals surface area (Å²) in [7, 11) is -2.43. The lowest BCUT2D eigenvalue weighted by Crippen LogP contribution is -2.08. The number of hydrogen-bond donors (Lipinski definition) is 0. The van der Waals surface area contributed by atoms with Crippen LogP contribution in [0.15, 0.2) is 40.6 Å². The minimum Gasteiger partial charge on any atom is -0.493 e. The zero-order chi connectivity index (χ0) is 13.2. The summed E-state index contributed by atoms with van der Waals surface area (Å²) in [6.45, 7) is 0. The standard InChI is InChI=1S/C11H9ClO4S2/c1-15-8-4-2-3-5-9(8)16-18(13,14)11-7-6-10(12)17-11/h2-7H,1H3. The molecule has 4 nitrogen and oxygen atoms in total. The van der Waals surface area contributed by atoms with E-state index in [1.165, 1.54) is 25.3 Å². The van der Waals surface area contributed by atoms with Gasteiger partial charge in [0.15, 0.2) is 15.7 Å². The van der Waals surface area contributed by atoms with Crippen LogP contribution in [0.1, 0.15) is 0 Å². The SMILES string of the molecule is COc1ccccc1OS(=O)(=O)c1ccc(Cl)s1. The molecule has 0 atom stereocenters. The van der Waals surface area contributed by atoms with Gasteiger partial charge in [0.25, 0.3) is 0 Å². The molecule has 0 aliphatic rings. The summed E-state index contributed by atoms with van der Waals surface area (Å²) in [6, 6.07) is 9.43. The van der Waals surface area contributed by atoms with E-state index in [9.17, 15) is 8.42 Å². The predicted molar refractivity (Wildman–Crippen MR) is 70.1 cm³/mol. The highest BCUT2D eigenvalue weighted by atomic mass is 35.5. The van der Waals surface area contributed by atoms with Crippen molar-refractivity contribution in [1.29, 1.82) is 0 Å². The fourth-order valence-electron chi connectivity index (χ4n) is 1.28. The summed E-state index contributed by atoms with van der Waals surface area (Å²) in [6.07, 6.45) is 0. The molecule has 0 aliphatic carbocycles. The average Bonchev–Trinajstić information content (AvgIpc) is 2.77. The molecule has 18 heavy (non-hydrogen) atoms. The number of rotatable bonds is 4. The molecule has 0 N–H and O–H groups in total. The van der Waals surface area contributed by atoms with Crippen molar-refractivity contribution in [3.63, 3.8) is 0 Å². The first-order valence-corrected chi connectivity index (χ1v) is 7.46. The van der Waals surface area contributed by atoms with Gasteiger partial charge in [0.1, 0.15) is 0 Å². The van der Waals surface area contributed by atoms with Gasteiger partial charge in [-0.2, -0.15) is 8.42 Å². The van der Waals surface area contributed by atoms with Crippen molar-refractivity contribution in [3.8, 4) is 11.5 Å². The molecule has 0 saturated heterocycles. The van der Waals surface area contributed by atoms with E-state index in [1.807, 2.05) is 0 Å². The van der Waals surface area contributed by atoms with E-state index < -0.39 is 10.1 Å². The molecule has 0 fully saturated rings. The third-order valence-electron chi connectivity index (χ3n) is 2.06. The fraction of sp³-hybridized carbons (Fsp3) is 0.0909. The maximum atomic E-state index is 12.0. The first-order valence-electron chi connectivity index (χ1n) is 4.86. The Morgan fingerprint density at radius 3 is 2.33 bits per heavy atom. The lowest BCUT2D eigenvalue weighted by molar-refractivity contribution is 0.391. The Kier molecular flexibility index (Phi) is 3.79. The Bertz CT molecular complexity index is 649. The van der Waals surface area contributed by atoms with E-state index >= 15 is 0 Å². The van der Waals surface area contributed by atoms with Crippen LogP contribution < -0.4 is 8.92 Å². The lowest BCUT2D eigenvalue weighted by atomic mass is 10.3. The monoisotopic (exact) mass is 304 g/mol. The van der Waals surface area contributed by atoms with Gasteiger partial charge in [0.05, 0.1) is 11.4 Å². The topological polar surface area (TPSA) is 52.6 Å². The van der Waals surface area contributed by atoms with Crippen LogP contribution in [0.4, 0.5) is 0 Å². The van der Waals surface area contributed by atoms with Crippen LogP contribution in [0, 0.1) is 0 Å². The molecule has 0 amide bonds. The van der Waals surface area contributed by atoms with E-state index in [-0.39, 0.29) is 9.96 Å². The summed E-state index contributed by atoms with van der Waals surface area (Å²) >= 11 is 6.64. The van der Waals surface area contributed by atoms with Crippen molar-refractivity contribution in [2.45, 2.75) is 4.21 Å². The number of methoxy groups -OCH3 is 1. The third-order valence-corrected chi connectivity index (χ3v) is 4.98. The van der Waals surface area contributed by atoms with Crippen molar-refractivity contribution in [1.82, 2.24) is 0 Å². The molecule has 1 aromatic carbocycles. The quantitative estimate of drug-likeness (QED) is 0.814. The number of thiophene rings is 1. The Labute approximate surface area is 114 Å². The van der Waals surface area contributed by atoms with Crippen molar-refractivity contribution in [2.24, 2.45) is 0 Å². The second-order valence-electron chi connectivity index (χ2n) is 3.25. The minimum atomic E-state index is -3.87. The van der Waals surface area contributed by atoms with Gasteiger partial charge in [-0.15, -0.1) is 11.3 Å². The van der Waals surface area contributed by atoms with Gasteiger partial charge in [0.2, 0.25) is 0 Å². The third kappa shape index (κ3) is 2.77. The van der Waals surface area contributed by atoms with Crippen LogP contribution in [-0.4, -0.2) is 15.5 Å². The maximum Gasteiger partial charge on any atom is 0.348 e. The highest BCUT2D eigenvalue weighted by molar-refractivity contribution is 7.89. The van der Waals surface area contributed by atoms with Gasteiger partial charge in [-0.1, -0.05) is 23.7 Å². The summed E-state index contributed by atoms with van der Waals surface area (Å²) in [5.74, 6) is 0.494. The predicted octanol–water partition coefficient (Wildman–Crippen LogP) is 3.18. The highest BCUT2D eigenvalue weighted by Gasteiger charge is 2.20. The summed E-state index contributed by atoms with van der Waals surface area (Å²) in [4.78, 5) is 0. The maximum absolute atomic E-state index is 12.0. The summed E-state index contributed by atoms with van der Waals surface area (Å²) < 4.78 is 34.4. The van der Waals surface area contributed by atoms with Crippen molar-refractivity contribution in [3.05, 3.63) is 40.7 Å². The zero-order valence-corrected chi connectivity index (χ0v) is 11.7. The van der Waals surface area contributed by atoms with Crippen molar-refractivity contribution < 1.29 is 17.3 Å². The normalized spacial score (nSPS) is 11.2. The Morgan fingerprint density at radius 2 is 1.78 bits per heavy atom. The molecule has 2 aromatic rings. The van der Waals surface area contributed by atoms with E-state index in [1.54, 1.807) is 18.2 Å². The first-order chi connectivity index (χ1) is 8.53. The number of ether oxygens (including phenoxy) is 1. The van der Waals surface area contributed by atoms with Gasteiger partial charge in [-0.3, -0.25) is 0 Å². The van der Waals surface area contributed by atoms with Crippen LogP contribution in [0.3, 0.4) is 0 Å². The molecule has 0 bridgehead atoms. The Balaban J connectivity index is 2.33. The first kappa shape index (κ1) is 13.2. The van der Waals surface area contributed by atoms with Crippen LogP contribution in [-0.2, 0) is 10.1 Å². The molecule has 7 heteroatoms. The molecule has 96 valence electrons. The Morgan fingerprint density at radius 1 is 1.11 bits per heavy atom. The molecule has 1 heterocycles. The fourth-order valence-corrected chi connectivity index (χ4v) is 3.66. The van der Waals surface area contributed by atoms with Crippen LogP contribution in [0.25, 0.3) is 0 Å². The minimum absolute atomic E-state index is 0.0541. The van der Waals surface area contributed by atoms with Gasteiger partial charge in [-0.25, -0.2) is 0 Å². The Hall–Kier alpha value is -1.24. The van der Waals surface area contributed by atoms with Gasteiger partial charge in [-0.05, 0) is 24.3 Å². The zero-order valence-electron chi connectivity index (χ0n) is 9.29. The second kappa shape index (κ2) is 5.17. The smallest absolute Gasteiger partial charge is 0.348 e. The second-order valence-corrected chi connectivity index (χ2v) is 6.74. The van der Waals surface area contributed by atoms with Crippen LogP contribution in [0.2, 0.25) is 4.34 Å². The van der Waals surface area contributed by atoms with Crippen molar-refractivity contribution in [2.75, 3.05) is 7.11 Å². The van der Waals surface area contributed by atoms with Crippen LogP contribution in [0.5, 0.6) is 11.5 Å². The number of para-hydroxylation sites is 2. The molecular weight excluding hydrogens is 296 g/mol.